The predicted octanol–water partition coefficient (Wildman–Crippen LogP) is 4.84. The number of hydrogen-bond acceptors (Lipinski definition) is 5. The van der Waals surface area contributed by atoms with E-state index >= 15 is 0 Å². The van der Waals surface area contributed by atoms with Crippen LogP contribution in [0.15, 0.2) is 59.0 Å². The zero-order valence-electron chi connectivity index (χ0n) is 15.1. The molecular formula is C22H17N3O2S. The minimum atomic E-state index is 0.345. The third-order valence-corrected chi connectivity index (χ3v) is 4.62. The fraction of sp³-hybridized carbons (Fsp3) is 0.0455. The Morgan fingerprint density at radius 2 is 1.89 bits per heavy atom. The van der Waals surface area contributed by atoms with Crippen molar-refractivity contribution in [2.24, 2.45) is 0 Å². The molecule has 0 aromatic heterocycles. The quantitative estimate of drug-likeness (QED) is 0.202. The van der Waals surface area contributed by atoms with Crippen molar-refractivity contribution in [3.63, 3.8) is 0 Å². The number of aldehydes is 1. The van der Waals surface area contributed by atoms with Crippen LogP contribution in [-0.4, -0.2) is 11.3 Å². The van der Waals surface area contributed by atoms with Gasteiger partial charge in [-0.15, -0.1) is 0 Å². The first-order valence-corrected chi connectivity index (χ1v) is 9.05. The van der Waals surface area contributed by atoms with Crippen LogP contribution in [0, 0.1) is 5.41 Å². The van der Waals surface area contributed by atoms with Crippen LogP contribution in [0.25, 0.3) is 33.4 Å². The van der Waals surface area contributed by atoms with E-state index in [9.17, 15) is 4.79 Å². The molecule has 0 spiro atoms. The molecule has 4 rings (SSSR count). The number of anilines is 2. The molecule has 0 bridgehead atoms. The van der Waals surface area contributed by atoms with E-state index in [0.717, 1.165) is 34.1 Å². The molecule has 0 saturated heterocycles. The van der Waals surface area contributed by atoms with Crippen molar-refractivity contribution < 1.29 is 9.21 Å². The monoisotopic (exact) mass is 387 g/mol. The van der Waals surface area contributed by atoms with Gasteiger partial charge in [-0.05, 0) is 48.9 Å². The lowest BCUT2D eigenvalue weighted by atomic mass is 9.91. The second-order valence-corrected chi connectivity index (χ2v) is 7.16. The number of rotatable bonds is 3. The van der Waals surface area contributed by atoms with Crippen molar-refractivity contribution in [3.05, 3.63) is 65.5 Å². The molecule has 0 radical (unpaired) electrons. The number of benzene rings is 3. The Morgan fingerprint density at radius 3 is 2.64 bits per heavy atom. The molecule has 28 heavy (non-hydrogen) atoms. The fourth-order valence-corrected chi connectivity index (χ4v) is 3.48. The number of carbonyl (C=O) groups excluding carboxylic acids is 1. The van der Waals surface area contributed by atoms with Crippen molar-refractivity contribution in [1.82, 2.24) is 0 Å². The van der Waals surface area contributed by atoms with E-state index in [1.165, 1.54) is 0 Å². The topological polar surface area (TPSA) is 92.1 Å². The van der Waals surface area contributed by atoms with Gasteiger partial charge in [0.1, 0.15) is 11.3 Å². The van der Waals surface area contributed by atoms with E-state index in [-0.39, 0.29) is 0 Å². The summed E-state index contributed by atoms with van der Waals surface area (Å²) in [6.45, 7) is 1.78. The van der Waals surface area contributed by atoms with Gasteiger partial charge in [-0.3, -0.25) is 4.79 Å². The van der Waals surface area contributed by atoms with Crippen LogP contribution in [0.1, 0.15) is 17.3 Å². The maximum absolute atomic E-state index is 11.9. The Kier molecular flexibility index (Phi) is 4.41. The smallest absolute Gasteiger partial charge is 0.150 e. The predicted molar refractivity (Wildman–Crippen MR) is 116 cm³/mol. The first-order valence-electron chi connectivity index (χ1n) is 8.64. The molecule has 0 atom stereocenters. The zero-order valence-corrected chi connectivity index (χ0v) is 15.9. The van der Waals surface area contributed by atoms with Crippen LogP contribution in [0.4, 0.5) is 11.4 Å². The number of carbonyl (C=O) groups is 1. The van der Waals surface area contributed by atoms with Gasteiger partial charge in [0.15, 0.2) is 6.29 Å². The maximum Gasteiger partial charge on any atom is 0.150 e. The Hall–Kier alpha value is -3.51. The largest absolute Gasteiger partial charge is 0.456 e. The highest BCUT2D eigenvalue weighted by Crippen LogP contribution is 2.41. The van der Waals surface area contributed by atoms with Gasteiger partial charge < -0.3 is 20.9 Å². The summed E-state index contributed by atoms with van der Waals surface area (Å²) >= 11 is 5.09. The summed E-state index contributed by atoms with van der Waals surface area (Å²) in [7, 11) is 0. The van der Waals surface area contributed by atoms with E-state index in [0.29, 0.717) is 32.9 Å². The molecule has 0 saturated carbocycles. The van der Waals surface area contributed by atoms with Crippen LogP contribution >= 0.6 is 12.2 Å². The van der Waals surface area contributed by atoms with Gasteiger partial charge in [-0.2, -0.15) is 0 Å². The van der Waals surface area contributed by atoms with Gasteiger partial charge >= 0.3 is 0 Å². The van der Waals surface area contributed by atoms with E-state index < -0.39 is 0 Å². The molecular weight excluding hydrogens is 370 g/mol. The van der Waals surface area contributed by atoms with Crippen LogP contribution in [0.3, 0.4) is 0 Å². The third kappa shape index (κ3) is 3.14. The van der Waals surface area contributed by atoms with Gasteiger partial charge in [-0.25, -0.2) is 0 Å². The lowest BCUT2D eigenvalue weighted by Gasteiger charge is -2.17. The number of fused-ring (bicyclic) bond motifs is 2. The minimum absolute atomic E-state index is 0.345. The highest BCUT2D eigenvalue weighted by atomic mass is 32.1. The van der Waals surface area contributed by atoms with Crippen molar-refractivity contribution in [2.75, 3.05) is 11.1 Å². The Morgan fingerprint density at radius 1 is 1.11 bits per heavy atom. The summed E-state index contributed by atoms with van der Waals surface area (Å²) in [6.07, 6.45) is 0.831. The second kappa shape index (κ2) is 6.90. The normalized spacial score (nSPS) is 10.9. The molecule has 1 heterocycles. The molecule has 2 aromatic rings. The molecule has 138 valence electrons. The lowest BCUT2D eigenvalue weighted by molar-refractivity contribution is 0.112. The average molecular weight is 387 g/mol. The average Bonchev–Trinajstić information content (AvgIpc) is 2.65. The van der Waals surface area contributed by atoms with Crippen molar-refractivity contribution >= 4 is 45.8 Å². The summed E-state index contributed by atoms with van der Waals surface area (Å²) in [5.74, 6) is 0.564. The number of nitrogens with one attached hydrogen (secondary N) is 2. The molecule has 1 aliphatic carbocycles. The third-order valence-electron chi connectivity index (χ3n) is 4.51. The summed E-state index contributed by atoms with van der Waals surface area (Å²) in [5, 5.41) is 12.2. The number of nitrogen functional groups attached to an aromatic ring is 1. The van der Waals surface area contributed by atoms with Gasteiger partial charge in [0.05, 0.1) is 10.3 Å². The Labute approximate surface area is 166 Å². The summed E-state index contributed by atoms with van der Waals surface area (Å²) < 4.78 is 6.00. The van der Waals surface area contributed by atoms with Gasteiger partial charge in [0, 0.05) is 45.6 Å². The highest BCUT2D eigenvalue weighted by molar-refractivity contribution is 7.80. The minimum Gasteiger partial charge on any atom is -0.456 e. The Bertz CT molecular complexity index is 1280. The molecule has 0 unspecified atom stereocenters. The number of thiocarbonyl (C=S) groups is 1. The molecule has 2 aromatic carbocycles. The van der Waals surface area contributed by atoms with Crippen LogP contribution < -0.4 is 16.4 Å². The molecule has 4 N–H and O–H groups in total. The van der Waals surface area contributed by atoms with Crippen LogP contribution in [0.2, 0.25) is 0 Å². The number of nitrogens with two attached hydrogens (primary N) is 1. The molecule has 2 aliphatic rings. The second-order valence-electron chi connectivity index (χ2n) is 6.54. The highest BCUT2D eigenvalue weighted by Gasteiger charge is 2.19. The van der Waals surface area contributed by atoms with Crippen LogP contribution in [0.5, 0.6) is 0 Å². The van der Waals surface area contributed by atoms with Crippen molar-refractivity contribution in [2.45, 2.75) is 6.92 Å². The maximum atomic E-state index is 11.9. The van der Waals surface area contributed by atoms with Gasteiger partial charge in [-0.1, -0.05) is 18.3 Å². The lowest BCUT2D eigenvalue weighted by Crippen LogP contribution is -2.04. The SMILES string of the molecule is CC(=S)Nc1ccc(-c2c3ccc(=N)cc-3oc3cc(N)ccc23)c(C=O)c1. The Balaban J connectivity index is 2.08. The van der Waals surface area contributed by atoms with E-state index in [1.54, 1.807) is 37.3 Å². The van der Waals surface area contributed by atoms with Gasteiger partial charge in [0.25, 0.3) is 0 Å². The van der Waals surface area contributed by atoms with Gasteiger partial charge in [0.2, 0.25) is 0 Å². The fourth-order valence-electron chi connectivity index (χ4n) is 3.37. The van der Waals surface area contributed by atoms with Crippen molar-refractivity contribution in [1.29, 1.82) is 5.41 Å². The summed E-state index contributed by atoms with van der Waals surface area (Å²) in [4.78, 5) is 12.5. The molecule has 0 amide bonds. The summed E-state index contributed by atoms with van der Waals surface area (Å²) in [6, 6.07) is 16.2. The standard InChI is InChI=1S/C22H17N3O2S/c1-12(28)25-16-4-7-17(13(8-16)11-26)22-18-5-2-14(23)9-20(18)27-21-10-15(24)3-6-19(21)22/h2-11,23H,24H2,1H3,(H,25,28). The molecule has 5 nitrogen and oxygen atoms in total. The summed E-state index contributed by atoms with van der Waals surface area (Å²) in [5.41, 5.74) is 10.9. The first-order chi connectivity index (χ1) is 13.5. The van der Waals surface area contributed by atoms with E-state index in [2.05, 4.69) is 5.32 Å². The van der Waals surface area contributed by atoms with E-state index in [4.69, 9.17) is 27.8 Å². The zero-order chi connectivity index (χ0) is 19.8. The molecule has 0 fully saturated rings. The molecule has 1 aliphatic heterocycles. The number of hydrogen-bond donors (Lipinski definition) is 3. The first kappa shape index (κ1) is 17.9. The molecule has 6 heteroatoms. The van der Waals surface area contributed by atoms with Crippen molar-refractivity contribution in [3.8, 4) is 22.5 Å². The van der Waals surface area contributed by atoms with Crippen LogP contribution in [-0.2, 0) is 0 Å². The van der Waals surface area contributed by atoms with E-state index in [1.807, 2.05) is 24.3 Å².